The molecule has 0 amide bonds. The van der Waals surface area contributed by atoms with Crippen LogP contribution in [0.15, 0.2) is 18.2 Å². The summed E-state index contributed by atoms with van der Waals surface area (Å²) in [6.07, 6.45) is 0.198. The Bertz CT molecular complexity index is 351. The third kappa shape index (κ3) is 1.92. The Balaban J connectivity index is 2.26. The van der Waals surface area contributed by atoms with E-state index in [1.165, 1.54) is 5.56 Å². The Hall–Kier alpha value is -1.22. The molecule has 0 radical (unpaired) electrons. The molecular formula is C12H18N2O. The normalized spacial score (nSPS) is 23.9. The van der Waals surface area contributed by atoms with Gasteiger partial charge in [0.25, 0.3) is 0 Å². The van der Waals surface area contributed by atoms with E-state index in [1.807, 2.05) is 7.05 Å². The molecule has 2 unspecified atom stereocenters. The predicted molar refractivity (Wildman–Crippen MR) is 62.6 cm³/mol. The van der Waals surface area contributed by atoms with Crippen molar-refractivity contribution in [2.45, 2.75) is 26.0 Å². The molecule has 1 aromatic rings. The molecule has 0 bridgehead atoms. The first-order chi connectivity index (χ1) is 7.22. The van der Waals surface area contributed by atoms with Crippen LogP contribution in [0.25, 0.3) is 0 Å². The number of nitrogens with one attached hydrogen (secondary N) is 2. The lowest BCUT2D eigenvalue weighted by molar-refractivity contribution is 0.173. The SMILES string of the molecule is CNCC1Oc2c(C)cccc2NC1C. The summed E-state index contributed by atoms with van der Waals surface area (Å²) in [6, 6.07) is 6.53. The van der Waals surface area contributed by atoms with Gasteiger partial charge in [-0.1, -0.05) is 12.1 Å². The van der Waals surface area contributed by atoms with Gasteiger partial charge in [0.15, 0.2) is 0 Å². The Labute approximate surface area is 90.8 Å². The van der Waals surface area contributed by atoms with Gasteiger partial charge in [0.1, 0.15) is 11.9 Å². The molecule has 2 N–H and O–H groups in total. The summed E-state index contributed by atoms with van der Waals surface area (Å²) in [5.74, 6) is 0.996. The number of para-hydroxylation sites is 1. The van der Waals surface area contributed by atoms with Crippen LogP contribution in [0.4, 0.5) is 5.69 Å². The number of benzene rings is 1. The summed E-state index contributed by atoms with van der Waals surface area (Å²) in [6.45, 7) is 5.09. The summed E-state index contributed by atoms with van der Waals surface area (Å²) in [5, 5.41) is 6.62. The lowest BCUT2D eigenvalue weighted by Crippen LogP contribution is -2.45. The van der Waals surface area contributed by atoms with Crippen molar-refractivity contribution in [2.75, 3.05) is 18.9 Å². The molecule has 0 aromatic heterocycles. The van der Waals surface area contributed by atoms with Crippen LogP contribution in [0.3, 0.4) is 0 Å². The molecule has 82 valence electrons. The van der Waals surface area contributed by atoms with Crippen molar-refractivity contribution in [2.24, 2.45) is 0 Å². The van der Waals surface area contributed by atoms with E-state index < -0.39 is 0 Å². The minimum absolute atomic E-state index is 0.198. The quantitative estimate of drug-likeness (QED) is 0.773. The van der Waals surface area contributed by atoms with Crippen molar-refractivity contribution in [3.63, 3.8) is 0 Å². The van der Waals surface area contributed by atoms with E-state index in [0.29, 0.717) is 6.04 Å². The van der Waals surface area contributed by atoms with E-state index in [9.17, 15) is 0 Å². The monoisotopic (exact) mass is 206 g/mol. The van der Waals surface area contributed by atoms with Crippen LogP contribution in [-0.4, -0.2) is 25.7 Å². The maximum absolute atomic E-state index is 5.99. The van der Waals surface area contributed by atoms with Gasteiger partial charge in [-0.05, 0) is 32.5 Å². The average Bonchev–Trinajstić information content (AvgIpc) is 2.21. The molecule has 3 nitrogen and oxygen atoms in total. The van der Waals surface area contributed by atoms with Gasteiger partial charge in [-0.25, -0.2) is 0 Å². The number of aryl methyl sites for hydroxylation is 1. The molecule has 1 aliphatic heterocycles. The number of rotatable bonds is 2. The number of hydrogen-bond donors (Lipinski definition) is 2. The third-order valence-corrected chi connectivity index (χ3v) is 2.83. The maximum atomic E-state index is 5.99. The highest BCUT2D eigenvalue weighted by molar-refractivity contribution is 5.62. The topological polar surface area (TPSA) is 33.3 Å². The van der Waals surface area contributed by atoms with E-state index in [1.54, 1.807) is 0 Å². The van der Waals surface area contributed by atoms with E-state index >= 15 is 0 Å². The summed E-state index contributed by atoms with van der Waals surface area (Å²) < 4.78 is 5.99. The molecule has 0 aliphatic carbocycles. The van der Waals surface area contributed by atoms with Crippen LogP contribution in [0.1, 0.15) is 12.5 Å². The zero-order valence-corrected chi connectivity index (χ0v) is 9.50. The Kier molecular flexibility index (Phi) is 2.82. The van der Waals surface area contributed by atoms with E-state index in [0.717, 1.165) is 18.0 Å². The number of hydrogen-bond acceptors (Lipinski definition) is 3. The van der Waals surface area contributed by atoms with Gasteiger partial charge < -0.3 is 15.4 Å². The first kappa shape index (κ1) is 10.3. The van der Waals surface area contributed by atoms with Gasteiger partial charge in [-0.3, -0.25) is 0 Å². The summed E-state index contributed by atoms with van der Waals surface area (Å²) in [7, 11) is 1.95. The average molecular weight is 206 g/mol. The lowest BCUT2D eigenvalue weighted by atomic mass is 10.1. The molecule has 0 fully saturated rings. The van der Waals surface area contributed by atoms with Gasteiger partial charge >= 0.3 is 0 Å². The van der Waals surface area contributed by atoms with E-state index in [2.05, 4.69) is 42.7 Å². The Morgan fingerprint density at radius 1 is 1.47 bits per heavy atom. The highest BCUT2D eigenvalue weighted by atomic mass is 16.5. The molecule has 2 atom stereocenters. The molecule has 3 heteroatoms. The minimum Gasteiger partial charge on any atom is -0.485 e. The summed E-state index contributed by atoms with van der Waals surface area (Å²) in [5.41, 5.74) is 2.29. The van der Waals surface area contributed by atoms with Crippen molar-refractivity contribution in [1.82, 2.24) is 5.32 Å². The van der Waals surface area contributed by atoms with E-state index in [-0.39, 0.29) is 6.10 Å². The van der Waals surface area contributed by atoms with Crippen LogP contribution < -0.4 is 15.4 Å². The van der Waals surface area contributed by atoms with Crippen LogP contribution in [0.5, 0.6) is 5.75 Å². The van der Waals surface area contributed by atoms with Gasteiger partial charge in [0, 0.05) is 6.54 Å². The zero-order chi connectivity index (χ0) is 10.8. The standard InChI is InChI=1S/C12H18N2O/c1-8-5-4-6-10-12(8)15-11(7-13-3)9(2)14-10/h4-6,9,11,13-14H,7H2,1-3H3. The summed E-state index contributed by atoms with van der Waals surface area (Å²) >= 11 is 0. The first-order valence-corrected chi connectivity index (χ1v) is 5.40. The van der Waals surface area contributed by atoms with Crippen molar-refractivity contribution in [3.05, 3.63) is 23.8 Å². The minimum atomic E-state index is 0.198. The number of likely N-dealkylation sites (N-methyl/N-ethyl adjacent to an activating group) is 1. The molecule has 2 rings (SSSR count). The second-order valence-corrected chi connectivity index (χ2v) is 4.10. The fraction of sp³-hybridized carbons (Fsp3) is 0.500. The maximum Gasteiger partial charge on any atom is 0.145 e. The smallest absolute Gasteiger partial charge is 0.145 e. The van der Waals surface area contributed by atoms with Crippen molar-refractivity contribution >= 4 is 5.69 Å². The van der Waals surface area contributed by atoms with E-state index in [4.69, 9.17) is 4.74 Å². The molecule has 0 spiro atoms. The molecule has 1 aliphatic rings. The second kappa shape index (κ2) is 4.11. The van der Waals surface area contributed by atoms with Gasteiger partial charge in [0.05, 0.1) is 11.7 Å². The third-order valence-electron chi connectivity index (χ3n) is 2.83. The van der Waals surface area contributed by atoms with Crippen LogP contribution in [0.2, 0.25) is 0 Å². The van der Waals surface area contributed by atoms with Gasteiger partial charge in [-0.15, -0.1) is 0 Å². The van der Waals surface area contributed by atoms with Gasteiger partial charge in [0.2, 0.25) is 0 Å². The molecular weight excluding hydrogens is 188 g/mol. The molecule has 0 saturated carbocycles. The fourth-order valence-electron chi connectivity index (χ4n) is 1.93. The zero-order valence-electron chi connectivity index (χ0n) is 9.50. The highest BCUT2D eigenvalue weighted by Gasteiger charge is 2.26. The molecule has 1 heterocycles. The predicted octanol–water partition coefficient (Wildman–Crippen LogP) is 1.78. The Morgan fingerprint density at radius 3 is 3.00 bits per heavy atom. The van der Waals surface area contributed by atoms with Gasteiger partial charge in [-0.2, -0.15) is 0 Å². The van der Waals surface area contributed by atoms with Crippen LogP contribution in [0, 0.1) is 6.92 Å². The van der Waals surface area contributed by atoms with Crippen molar-refractivity contribution < 1.29 is 4.74 Å². The Morgan fingerprint density at radius 2 is 2.27 bits per heavy atom. The highest BCUT2D eigenvalue weighted by Crippen LogP contribution is 2.33. The fourth-order valence-corrected chi connectivity index (χ4v) is 1.93. The van der Waals surface area contributed by atoms with Crippen molar-refractivity contribution in [3.8, 4) is 5.75 Å². The first-order valence-electron chi connectivity index (χ1n) is 5.40. The van der Waals surface area contributed by atoms with Crippen LogP contribution >= 0.6 is 0 Å². The van der Waals surface area contributed by atoms with Crippen LogP contribution in [-0.2, 0) is 0 Å². The van der Waals surface area contributed by atoms with Crippen molar-refractivity contribution in [1.29, 1.82) is 0 Å². The summed E-state index contributed by atoms with van der Waals surface area (Å²) in [4.78, 5) is 0. The largest absolute Gasteiger partial charge is 0.485 e. The number of ether oxygens (including phenoxy) is 1. The molecule has 1 aromatic carbocycles. The molecule has 0 saturated heterocycles. The number of fused-ring (bicyclic) bond motifs is 1. The lowest BCUT2D eigenvalue weighted by Gasteiger charge is -2.33. The second-order valence-electron chi connectivity index (χ2n) is 4.10. The molecule has 15 heavy (non-hydrogen) atoms. The number of anilines is 1.